The first-order chi connectivity index (χ1) is 12.4. The van der Waals surface area contributed by atoms with E-state index in [1.54, 1.807) is 12.3 Å². The Kier molecular flexibility index (Phi) is 4.09. The molecule has 1 aromatic heterocycles. The number of benzene rings is 2. The van der Waals surface area contributed by atoms with Gasteiger partial charge in [-0.1, -0.05) is 39.7 Å². The zero-order valence-corrected chi connectivity index (χ0v) is 16.1. The standard InChI is InChI=1S/C20H14BrClFN3/c1-11-7-13(5-6-25-11)20(12-3-2-4-14(21)8-12)16-9-15(22)10-17(23)18(16)19(24)26-20/h2-10H,1H3,(H2,24,26). The number of hydrogen-bond acceptors (Lipinski definition) is 3. The molecule has 1 aliphatic heterocycles. The topological polar surface area (TPSA) is 51.3 Å². The molecule has 3 aromatic rings. The molecular formula is C20H14BrClFN3. The van der Waals surface area contributed by atoms with Crippen molar-refractivity contribution in [3.8, 4) is 0 Å². The molecule has 0 amide bonds. The maximum absolute atomic E-state index is 14.7. The predicted molar refractivity (Wildman–Crippen MR) is 105 cm³/mol. The van der Waals surface area contributed by atoms with Gasteiger partial charge in [-0.3, -0.25) is 4.98 Å². The Labute approximate surface area is 163 Å². The lowest BCUT2D eigenvalue weighted by atomic mass is 9.77. The van der Waals surface area contributed by atoms with Crippen LogP contribution in [0.25, 0.3) is 0 Å². The third kappa shape index (κ3) is 2.54. The minimum absolute atomic E-state index is 0.156. The van der Waals surface area contributed by atoms with E-state index in [0.717, 1.165) is 21.3 Å². The van der Waals surface area contributed by atoms with Gasteiger partial charge in [-0.2, -0.15) is 0 Å². The maximum atomic E-state index is 14.7. The SMILES string of the molecule is Cc1cc(C2(c3cccc(Br)c3)N=C(N)c3c(F)cc(Cl)cc32)ccn1. The average molecular weight is 431 g/mol. The molecule has 0 aliphatic carbocycles. The minimum atomic E-state index is -0.983. The molecule has 4 rings (SSSR count). The van der Waals surface area contributed by atoms with Crippen LogP contribution in [0.4, 0.5) is 4.39 Å². The van der Waals surface area contributed by atoms with Gasteiger partial charge in [0.1, 0.15) is 17.2 Å². The number of amidine groups is 1. The van der Waals surface area contributed by atoms with Gasteiger partial charge in [0.15, 0.2) is 0 Å². The van der Waals surface area contributed by atoms with Crippen molar-refractivity contribution >= 4 is 33.4 Å². The van der Waals surface area contributed by atoms with Crippen LogP contribution in [0.1, 0.15) is 27.9 Å². The van der Waals surface area contributed by atoms with E-state index < -0.39 is 11.4 Å². The molecule has 26 heavy (non-hydrogen) atoms. The summed E-state index contributed by atoms with van der Waals surface area (Å²) in [4.78, 5) is 9.03. The number of aliphatic imine (C=N–C) groups is 1. The molecule has 1 atom stereocenters. The fraction of sp³-hybridized carbons (Fsp3) is 0.100. The third-order valence-corrected chi connectivity index (χ3v) is 5.26. The molecule has 6 heteroatoms. The second kappa shape index (κ2) is 6.18. The summed E-state index contributed by atoms with van der Waals surface area (Å²) in [6.07, 6.45) is 1.72. The van der Waals surface area contributed by atoms with Crippen molar-refractivity contribution in [2.24, 2.45) is 10.7 Å². The number of rotatable bonds is 2. The summed E-state index contributed by atoms with van der Waals surface area (Å²) in [6.45, 7) is 1.90. The van der Waals surface area contributed by atoms with Gasteiger partial charge in [0.05, 0.1) is 5.56 Å². The summed E-state index contributed by atoms with van der Waals surface area (Å²) in [5.74, 6) is -0.319. The first-order valence-corrected chi connectivity index (χ1v) is 9.13. The van der Waals surface area contributed by atoms with Gasteiger partial charge in [0, 0.05) is 26.9 Å². The summed E-state index contributed by atoms with van der Waals surface area (Å²) < 4.78 is 15.6. The number of fused-ring (bicyclic) bond motifs is 1. The third-order valence-electron chi connectivity index (χ3n) is 4.55. The van der Waals surface area contributed by atoms with Crippen LogP contribution in [0, 0.1) is 12.7 Å². The minimum Gasteiger partial charge on any atom is -0.383 e. The van der Waals surface area contributed by atoms with Gasteiger partial charge in [-0.05, 0) is 54.4 Å². The van der Waals surface area contributed by atoms with E-state index in [1.165, 1.54) is 6.07 Å². The summed E-state index contributed by atoms with van der Waals surface area (Å²) in [7, 11) is 0. The fourth-order valence-electron chi connectivity index (χ4n) is 3.51. The van der Waals surface area contributed by atoms with Crippen molar-refractivity contribution < 1.29 is 4.39 Å². The first kappa shape index (κ1) is 17.2. The number of aromatic nitrogens is 1. The van der Waals surface area contributed by atoms with Gasteiger partial charge < -0.3 is 5.73 Å². The fourth-order valence-corrected chi connectivity index (χ4v) is 4.11. The Balaban J connectivity index is 2.14. The van der Waals surface area contributed by atoms with Crippen LogP contribution >= 0.6 is 27.5 Å². The largest absolute Gasteiger partial charge is 0.383 e. The van der Waals surface area contributed by atoms with Crippen molar-refractivity contribution in [2.45, 2.75) is 12.5 Å². The highest BCUT2D eigenvalue weighted by Crippen LogP contribution is 2.47. The molecule has 0 spiro atoms. The summed E-state index contributed by atoms with van der Waals surface area (Å²) in [5.41, 5.74) is 8.65. The number of aryl methyl sites for hydroxylation is 1. The maximum Gasteiger partial charge on any atom is 0.139 e. The van der Waals surface area contributed by atoms with Crippen LogP contribution in [-0.2, 0) is 5.54 Å². The highest BCUT2D eigenvalue weighted by atomic mass is 79.9. The van der Waals surface area contributed by atoms with Gasteiger partial charge in [-0.25, -0.2) is 9.38 Å². The molecule has 1 unspecified atom stereocenters. The van der Waals surface area contributed by atoms with Crippen LogP contribution in [0.2, 0.25) is 5.02 Å². The Morgan fingerprint density at radius 1 is 1.12 bits per heavy atom. The van der Waals surface area contributed by atoms with Crippen molar-refractivity contribution in [3.05, 3.63) is 98.0 Å². The quantitative estimate of drug-likeness (QED) is 0.625. The van der Waals surface area contributed by atoms with Gasteiger partial charge >= 0.3 is 0 Å². The Hall–Kier alpha value is -2.24. The molecule has 0 bridgehead atoms. The molecule has 130 valence electrons. The molecule has 2 aromatic carbocycles. The number of halogens is 3. The predicted octanol–water partition coefficient (Wildman–Crippen LogP) is 4.96. The van der Waals surface area contributed by atoms with E-state index in [-0.39, 0.29) is 5.84 Å². The van der Waals surface area contributed by atoms with Crippen LogP contribution in [0.15, 0.2) is 64.2 Å². The Bertz CT molecular complexity index is 1020. The lowest BCUT2D eigenvalue weighted by molar-refractivity contribution is 0.615. The molecule has 0 fully saturated rings. The molecule has 1 aliphatic rings. The van der Waals surface area contributed by atoms with Crippen LogP contribution < -0.4 is 5.73 Å². The molecule has 3 nitrogen and oxygen atoms in total. The highest BCUT2D eigenvalue weighted by molar-refractivity contribution is 9.10. The monoisotopic (exact) mass is 429 g/mol. The van der Waals surface area contributed by atoms with E-state index in [9.17, 15) is 4.39 Å². The zero-order chi connectivity index (χ0) is 18.5. The van der Waals surface area contributed by atoms with Crippen LogP contribution in [0.5, 0.6) is 0 Å². The van der Waals surface area contributed by atoms with Crippen molar-refractivity contribution in [3.63, 3.8) is 0 Å². The smallest absolute Gasteiger partial charge is 0.139 e. The number of pyridine rings is 1. The normalized spacial score (nSPS) is 18.5. The highest BCUT2D eigenvalue weighted by Gasteiger charge is 2.44. The van der Waals surface area contributed by atoms with E-state index >= 15 is 0 Å². The van der Waals surface area contributed by atoms with Gasteiger partial charge in [-0.15, -0.1) is 0 Å². The molecule has 2 heterocycles. The van der Waals surface area contributed by atoms with E-state index in [4.69, 9.17) is 22.3 Å². The first-order valence-electron chi connectivity index (χ1n) is 7.96. The molecule has 0 saturated carbocycles. The number of hydrogen-bond donors (Lipinski definition) is 1. The average Bonchev–Trinajstić information content (AvgIpc) is 2.88. The van der Waals surface area contributed by atoms with Gasteiger partial charge in [0.2, 0.25) is 0 Å². The Morgan fingerprint density at radius 3 is 2.62 bits per heavy atom. The van der Waals surface area contributed by atoms with Gasteiger partial charge in [0.25, 0.3) is 0 Å². The molecule has 0 radical (unpaired) electrons. The molecular weight excluding hydrogens is 417 g/mol. The van der Waals surface area contributed by atoms with E-state index in [2.05, 4.69) is 20.9 Å². The van der Waals surface area contributed by atoms with E-state index in [1.807, 2.05) is 43.3 Å². The summed E-state index contributed by atoms with van der Waals surface area (Å²) in [5, 5.41) is 0.302. The van der Waals surface area contributed by atoms with Crippen LogP contribution in [0.3, 0.4) is 0 Å². The number of nitrogens with zero attached hydrogens (tertiary/aromatic N) is 2. The Morgan fingerprint density at radius 2 is 1.88 bits per heavy atom. The summed E-state index contributed by atoms with van der Waals surface area (Å²) >= 11 is 9.70. The lowest BCUT2D eigenvalue weighted by Gasteiger charge is -2.29. The molecule has 0 saturated heterocycles. The molecule has 2 N–H and O–H groups in total. The zero-order valence-electron chi connectivity index (χ0n) is 13.8. The number of nitrogens with two attached hydrogens (primary N) is 1. The van der Waals surface area contributed by atoms with Crippen molar-refractivity contribution in [1.82, 2.24) is 4.98 Å². The van der Waals surface area contributed by atoms with Crippen molar-refractivity contribution in [1.29, 1.82) is 0 Å². The van der Waals surface area contributed by atoms with Crippen LogP contribution in [-0.4, -0.2) is 10.8 Å². The second-order valence-corrected chi connectivity index (χ2v) is 7.57. The van der Waals surface area contributed by atoms with Crippen molar-refractivity contribution in [2.75, 3.05) is 0 Å². The summed E-state index contributed by atoms with van der Waals surface area (Å²) in [6, 6.07) is 14.6. The van der Waals surface area contributed by atoms with E-state index in [0.29, 0.717) is 16.1 Å². The second-order valence-electron chi connectivity index (χ2n) is 6.21. The lowest BCUT2D eigenvalue weighted by Crippen LogP contribution is -2.26.